The third-order valence-electron chi connectivity index (χ3n) is 4.21. The summed E-state index contributed by atoms with van der Waals surface area (Å²) in [5.74, 6) is 1.90. The second kappa shape index (κ2) is 7.77. The summed E-state index contributed by atoms with van der Waals surface area (Å²) >= 11 is 1.40. The van der Waals surface area contributed by atoms with E-state index in [4.69, 9.17) is 8.83 Å². The Bertz CT molecular complexity index is 1150. The van der Waals surface area contributed by atoms with Gasteiger partial charge in [-0.2, -0.15) is 0 Å². The Balaban J connectivity index is 1.66. The van der Waals surface area contributed by atoms with Crippen molar-refractivity contribution in [2.45, 2.75) is 24.4 Å². The van der Waals surface area contributed by atoms with Crippen LogP contribution in [0.3, 0.4) is 0 Å². The van der Waals surface area contributed by atoms with Crippen LogP contribution in [0.25, 0.3) is 11.4 Å². The molecule has 0 amide bonds. The number of furan rings is 1. The molecule has 0 saturated heterocycles. The van der Waals surface area contributed by atoms with E-state index in [1.54, 1.807) is 6.26 Å². The number of thioether (sulfide) groups is 1. The summed E-state index contributed by atoms with van der Waals surface area (Å²) in [7, 11) is 0. The van der Waals surface area contributed by atoms with E-state index in [0.29, 0.717) is 29.0 Å². The largest absolute Gasteiger partial charge is 0.502 e. The maximum Gasteiger partial charge on any atom is 0.226 e. The number of aromatic hydroxyl groups is 1. The Hall–Kier alpha value is -3.26. The van der Waals surface area contributed by atoms with E-state index < -0.39 is 11.2 Å². The molecule has 8 heteroatoms. The fraction of sp³-hybridized carbons (Fsp3) is 0.150. The minimum Gasteiger partial charge on any atom is -0.502 e. The van der Waals surface area contributed by atoms with Gasteiger partial charge >= 0.3 is 0 Å². The zero-order chi connectivity index (χ0) is 19.5. The van der Waals surface area contributed by atoms with Crippen molar-refractivity contribution >= 4 is 11.8 Å². The average molecular weight is 395 g/mol. The highest BCUT2D eigenvalue weighted by atomic mass is 32.2. The lowest BCUT2D eigenvalue weighted by Gasteiger charge is -2.10. The molecule has 0 unspecified atom stereocenters. The molecule has 0 fully saturated rings. The van der Waals surface area contributed by atoms with Crippen LogP contribution in [-0.4, -0.2) is 19.9 Å². The van der Waals surface area contributed by atoms with Gasteiger partial charge in [-0.25, -0.2) is 0 Å². The first-order chi connectivity index (χ1) is 13.6. The Morgan fingerprint density at radius 1 is 1.14 bits per heavy atom. The Morgan fingerprint density at radius 3 is 2.68 bits per heavy atom. The fourth-order valence-electron chi connectivity index (χ4n) is 2.78. The van der Waals surface area contributed by atoms with Gasteiger partial charge in [0.25, 0.3) is 0 Å². The highest BCUT2D eigenvalue weighted by Gasteiger charge is 2.18. The van der Waals surface area contributed by atoms with Gasteiger partial charge in [0.05, 0.1) is 24.1 Å². The van der Waals surface area contributed by atoms with Gasteiger partial charge < -0.3 is 13.9 Å². The topological polar surface area (TPSA) is 94.3 Å². The maximum atomic E-state index is 11.6. The number of hydrogen-bond donors (Lipinski definition) is 1. The van der Waals surface area contributed by atoms with Crippen molar-refractivity contribution < 1.29 is 13.9 Å². The first-order valence-electron chi connectivity index (χ1n) is 8.57. The molecule has 3 heterocycles. The average Bonchev–Trinajstić information content (AvgIpc) is 3.29. The van der Waals surface area contributed by atoms with Crippen LogP contribution in [0.2, 0.25) is 0 Å². The van der Waals surface area contributed by atoms with Gasteiger partial charge in [-0.3, -0.25) is 9.36 Å². The van der Waals surface area contributed by atoms with Crippen molar-refractivity contribution in [1.82, 2.24) is 14.8 Å². The van der Waals surface area contributed by atoms with Crippen molar-refractivity contribution in [2.24, 2.45) is 0 Å². The molecule has 4 aromatic rings. The van der Waals surface area contributed by atoms with E-state index in [9.17, 15) is 9.90 Å². The second-order valence-electron chi connectivity index (χ2n) is 6.15. The molecule has 3 aromatic heterocycles. The number of aromatic nitrogens is 3. The van der Waals surface area contributed by atoms with E-state index in [-0.39, 0.29) is 0 Å². The quantitative estimate of drug-likeness (QED) is 0.496. The molecule has 142 valence electrons. The molecule has 0 saturated carbocycles. The van der Waals surface area contributed by atoms with Gasteiger partial charge in [-0.05, 0) is 18.6 Å². The number of rotatable bonds is 6. The lowest BCUT2D eigenvalue weighted by molar-refractivity contribution is 0.419. The molecule has 0 bridgehead atoms. The molecule has 0 radical (unpaired) electrons. The van der Waals surface area contributed by atoms with Gasteiger partial charge in [-0.1, -0.05) is 42.1 Å². The van der Waals surface area contributed by atoms with Gasteiger partial charge in [-0.15, -0.1) is 10.2 Å². The summed E-state index contributed by atoms with van der Waals surface area (Å²) in [6, 6.07) is 13.2. The summed E-state index contributed by atoms with van der Waals surface area (Å²) < 4.78 is 12.7. The minimum atomic E-state index is -0.470. The van der Waals surface area contributed by atoms with Crippen molar-refractivity contribution in [2.75, 3.05) is 0 Å². The van der Waals surface area contributed by atoms with Crippen LogP contribution in [0.1, 0.15) is 17.1 Å². The Kier molecular flexibility index (Phi) is 5.03. The first-order valence-corrected chi connectivity index (χ1v) is 9.55. The summed E-state index contributed by atoms with van der Waals surface area (Å²) in [4.78, 5) is 11.6. The number of benzene rings is 1. The minimum absolute atomic E-state index is 0.382. The molecule has 7 nitrogen and oxygen atoms in total. The molecule has 28 heavy (non-hydrogen) atoms. The number of hydrogen-bond acceptors (Lipinski definition) is 7. The molecular formula is C20H17N3O4S. The summed E-state index contributed by atoms with van der Waals surface area (Å²) in [5.41, 5.74) is 1.52. The number of aryl methyl sites for hydroxylation is 1. The zero-order valence-corrected chi connectivity index (χ0v) is 15.8. The van der Waals surface area contributed by atoms with Crippen molar-refractivity contribution in [3.05, 3.63) is 82.3 Å². The number of nitrogens with zero attached hydrogens (tertiary/aromatic N) is 3. The van der Waals surface area contributed by atoms with Crippen LogP contribution in [-0.2, 0) is 12.3 Å². The molecule has 4 rings (SSSR count). The zero-order valence-electron chi connectivity index (χ0n) is 15.0. The van der Waals surface area contributed by atoms with Crippen LogP contribution >= 0.6 is 11.8 Å². The van der Waals surface area contributed by atoms with Gasteiger partial charge in [0.1, 0.15) is 17.8 Å². The smallest absolute Gasteiger partial charge is 0.226 e. The van der Waals surface area contributed by atoms with E-state index in [1.165, 1.54) is 17.8 Å². The van der Waals surface area contributed by atoms with Crippen LogP contribution < -0.4 is 5.43 Å². The van der Waals surface area contributed by atoms with Gasteiger partial charge in [0, 0.05) is 6.07 Å². The summed E-state index contributed by atoms with van der Waals surface area (Å²) in [5, 5.41) is 18.7. The van der Waals surface area contributed by atoms with E-state index in [1.807, 2.05) is 47.9 Å². The monoisotopic (exact) mass is 395 g/mol. The third-order valence-corrected chi connectivity index (χ3v) is 5.20. The standard InChI is InChI=1S/C20H17N3O4S/c1-13-16(7-8-26-13)19-21-22-20(23(19)10-14-5-3-2-4-6-14)28-12-15-9-17(24)18(25)11-27-15/h2-9,11,25H,10,12H2,1H3. The molecule has 1 aromatic carbocycles. The predicted molar refractivity (Wildman–Crippen MR) is 104 cm³/mol. The predicted octanol–water partition coefficient (Wildman–Crippen LogP) is 3.85. The molecule has 0 aliphatic heterocycles. The highest BCUT2D eigenvalue weighted by molar-refractivity contribution is 7.98. The van der Waals surface area contributed by atoms with Gasteiger partial charge in [0.15, 0.2) is 16.7 Å². The Labute approximate surface area is 164 Å². The van der Waals surface area contributed by atoms with E-state index in [0.717, 1.165) is 23.2 Å². The third kappa shape index (κ3) is 3.72. The van der Waals surface area contributed by atoms with Crippen molar-refractivity contribution in [1.29, 1.82) is 0 Å². The van der Waals surface area contributed by atoms with Crippen molar-refractivity contribution in [3.63, 3.8) is 0 Å². The molecule has 1 N–H and O–H groups in total. The molecule has 0 aliphatic carbocycles. The van der Waals surface area contributed by atoms with E-state index >= 15 is 0 Å². The van der Waals surface area contributed by atoms with Crippen molar-refractivity contribution in [3.8, 4) is 17.1 Å². The first kappa shape index (κ1) is 18.1. The van der Waals surface area contributed by atoms with Crippen LogP contribution in [0.15, 0.2) is 73.8 Å². The lowest BCUT2D eigenvalue weighted by Crippen LogP contribution is -2.04. The van der Waals surface area contributed by atoms with Gasteiger partial charge in [0.2, 0.25) is 5.43 Å². The Morgan fingerprint density at radius 2 is 1.96 bits per heavy atom. The van der Waals surface area contributed by atoms with Crippen LogP contribution in [0.4, 0.5) is 0 Å². The SMILES string of the molecule is Cc1occc1-c1nnc(SCc2cc(=O)c(O)co2)n1Cc1ccccc1. The maximum absolute atomic E-state index is 11.6. The fourth-order valence-corrected chi connectivity index (χ4v) is 3.60. The second-order valence-corrected chi connectivity index (χ2v) is 7.10. The molecule has 0 aliphatic rings. The molecule has 0 atom stereocenters. The highest BCUT2D eigenvalue weighted by Crippen LogP contribution is 2.29. The van der Waals surface area contributed by atoms with Crippen LogP contribution in [0, 0.1) is 6.92 Å². The lowest BCUT2D eigenvalue weighted by atomic mass is 10.2. The summed E-state index contributed by atoms with van der Waals surface area (Å²) in [6.45, 7) is 2.48. The molecular weight excluding hydrogens is 378 g/mol. The van der Waals surface area contributed by atoms with E-state index in [2.05, 4.69) is 10.2 Å². The summed E-state index contributed by atoms with van der Waals surface area (Å²) in [6.07, 6.45) is 2.68. The normalized spacial score (nSPS) is 11.0. The van der Waals surface area contributed by atoms with Crippen LogP contribution in [0.5, 0.6) is 5.75 Å². The molecule has 0 spiro atoms.